The molecule has 2 aliphatic rings. The number of likely N-dealkylation sites (tertiary alicyclic amines) is 1. The lowest BCUT2D eigenvalue weighted by Crippen LogP contribution is -2.58. The molecule has 5 rings (SSSR count). The van der Waals surface area contributed by atoms with Crippen LogP contribution in [-0.2, 0) is 11.3 Å². The molecule has 1 atom stereocenters. The number of hydrogen-bond acceptors (Lipinski definition) is 7. The van der Waals surface area contributed by atoms with E-state index in [0.717, 1.165) is 12.3 Å². The minimum atomic E-state index is -0.660. The van der Waals surface area contributed by atoms with Crippen LogP contribution in [0.3, 0.4) is 0 Å². The number of urea groups is 1. The number of aryl methyl sites for hydroxylation is 1. The van der Waals surface area contributed by atoms with Gasteiger partial charge in [-0.25, -0.2) is 18.6 Å². The second-order valence-corrected chi connectivity index (χ2v) is 9.38. The quantitative estimate of drug-likeness (QED) is 0.515. The van der Waals surface area contributed by atoms with E-state index in [0.29, 0.717) is 34.6 Å². The van der Waals surface area contributed by atoms with Gasteiger partial charge in [-0.05, 0) is 37.6 Å². The van der Waals surface area contributed by atoms with E-state index in [1.165, 1.54) is 32.8 Å². The minimum absolute atomic E-state index is 0.0283. The van der Waals surface area contributed by atoms with Gasteiger partial charge in [0.25, 0.3) is 0 Å². The number of carbonyl (C=O) groups excluding carboxylic acids is 2. The fourth-order valence-corrected chi connectivity index (χ4v) is 4.75. The van der Waals surface area contributed by atoms with Crippen LogP contribution in [0.4, 0.5) is 13.6 Å². The summed E-state index contributed by atoms with van der Waals surface area (Å²) < 4.78 is 35.9. The summed E-state index contributed by atoms with van der Waals surface area (Å²) in [6, 6.07) is 6.38. The average molecular weight is 535 g/mol. The second kappa shape index (κ2) is 10.1. The number of hydrogen-bond donors (Lipinski definition) is 1. The molecule has 2 aromatic heterocycles. The Morgan fingerprint density at radius 1 is 1.21 bits per heavy atom. The normalized spacial score (nSPS) is 16.7. The average Bonchev–Trinajstić information content (AvgIpc) is 3.46. The SMILES string of the molecule is Cc1nn(CC(N)=O)c(C)c1-c1cc(OC2CN(C(=O)N3N=CC[C@H]3c3cc(F)cc(C#N)c3)C2)c(F)cn1. The van der Waals surface area contributed by atoms with E-state index in [4.69, 9.17) is 15.7 Å². The Kier molecular flexibility index (Phi) is 6.69. The van der Waals surface area contributed by atoms with E-state index in [1.54, 1.807) is 20.1 Å². The third kappa shape index (κ3) is 5.00. The van der Waals surface area contributed by atoms with Crippen molar-refractivity contribution >= 4 is 18.2 Å². The Bertz CT molecular complexity index is 1540. The minimum Gasteiger partial charge on any atom is -0.483 e. The van der Waals surface area contributed by atoms with Crippen molar-refractivity contribution in [1.82, 2.24) is 24.7 Å². The number of ether oxygens (including phenoxy) is 1. The third-order valence-electron chi connectivity index (χ3n) is 6.64. The molecule has 2 N–H and O–H groups in total. The number of aromatic nitrogens is 3. The van der Waals surface area contributed by atoms with Crippen molar-refractivity contribution < 1.29 is 23.1 Å². The predicted octanol–water partition coefficient (Wildman–Crippen LogP) is 2.81. The van der Waals surface area contributed by atoms with Crippen LogP contribution in [0.2, 0.25) is 0 Å². The number of halogens is 2. The molecule has 0 unspecified atom stereocenters. The third-order valence-corrected chi connectivity index (χ3v) is 6.64. The number of benzene rings is 1. The molecule has 0 bridgehead atoms. The van der Waals surface area contributed by atoms with Crippen LogP contribution in [0.25, 0.3) is 11.3 Å². The molecule has 2 aliphatic heterocycles. The summed E-state index contributed by atoms with van der Waals surface area (Å²) in [6.07, 6.45) is 2.53. The van der Waals surface area contributed by atoms with E-state index in [2.05, 4.69) is 15.2 Å². The first-order chi connectivity index (χ1) is 18.6. The second-order valence-electron chi connectivity index (χ2n) is 9.38. The molecule has 0 saturated carbocycles. The molecule has 1 aromatic carbocycles. The number of primary amides is 1. The molecule has 0 spiro atoms. The molecule has 4 heterocycles. The molecule has 3 aromatic rings. The summed E-state index contributed by atoms with van der Waals surface area (Å²) in [4.78, 5) is 30.1. The Labute approximate surface area is 222 Å². The number of carbonyl (C=O) groups is 2. The summed E-state index contributed by atoms with van der Waals surface area (Å²) in [6.45, 7) is 3.80. The topological polar surface area (TPSA) is 143 Å². The molecule has 0 radical (unpaired) electrons. The van der Waals surface area contributed by atoms with E-state index >= 15 is 0 Å². The van der Waals surface area contributed by atoms with Crippen LogP contribution < -0.4 is 10.5 Å². The summed E-state index contributed by atoms with van der Waals surface area (Å²) >= 11 is 0. The maximum Gasteiger partial charge on any atom is 0.341 e. The van der Waals surface area contributed by atoms with Crippen molar-refractivity contribution in [2.75, 3.05) is 13.1 Å². The summed E-state index contributed by atoms with van der Waals surface area (Å²) in [5.74, 6) is -1.79. The van der Waals surface area contributed by atoms with E-state index < -0.39 is 35.7 Å². The van der Waals surface area contributed by atoms with Crippen LogP contribution in [0.1, 0.15) is 35.0 Å². The fraction of sp³-hybridized carbons (Fsp3) is 0.308. The highest BCUT2D eigenvalue weighted by molar-refractivity contribution is 5.79. The molecule has 3 amide bonds. The lowest BCUT2D eigenvalue weighted by atomic mass is 10.0. The smallest absolute Gasteiger partial charge is 0.341 e. The van der Waals surface area contributed by atoms with Gasteiger partial charge in [0.05, 0.1) is 48.3 Å². The first-order valence-electron chi connectivity index (χ1n) is 12.1. The Morgan fingerprint density at radius 3 is 2.69 bits per heavy atom. The molecule has 1 saturated heterocycles. The maximum absolute atomic E-state index is 14.6. The lowest BCUT2D eigenvalue weighted by Gasteiger charge is -2.41. The van der Waals surface area contributed by atoms with Crippen molar-refractivity contribution in [3.05, 3.63) is 64.6 Å². The molecule has 39 heavy (non-hydrogen) atoms. The molecular formula is C26H24F2N8O3. The van der Waals surface area contributed by atoms with Crippen molar-refractivity contribution in [3.8, 4) is 23.1 Å². The lowest BCUT2D eigenvalue weighted by molar-refractivity contribution is -0.118. The Morgan fingerprint density at radius 2 is 1.97 bits per heavy atom. The zero-order valence-corrected chi connectivity index (χ0v) is 21.1. The predicted molar refractivity (Wildman–Crippen MR) is 134 cm³/mol. The van der Waals surface area contributed by atoms with Gasteiger partial charge < -0.3 is 15.4 Å². The van der Waals surface area contributed by atoms with Crippen molar-refractivity contribution in [1.29, 1.82) is 5.26 Å². The van der Waals surface area contributed by atoms with Crippen molar-refractivity contribution in [3.63, 3.8) is 0 Å². The van der Waals surface area contributed by atoms with Gasteiger partial charge in [-0.2, -0.15) is 15.5 Å². The van der Waals surface area contributed by atoms with E-state index in [9.17, 15) is 18.4 Å². The number of nitriles is 1. The summed E-state index contributed by atoms with van der Waals surface area (Å²) in [5, 5.41) is 18.9. The van der Waals surface area contributed by atoms with Gasteiger partial charge in [-0.3, -0.25) is 14.5 Å². The first kappa shape index (κ1) is 25.8. The zero-order valence-electron chi connectivity index (χ0n) is 21.1. The van der Waals surface area contributed by atoms with Gasteiger partial charge in [0, 0.05) is 30.0 Å². The standard InChI is InChI=1S/C26H24F2N8O3/c1-14-25(15(2)35(33-14)13-24(30)37)21-8-23(20(28)10-31-21)39-19-11-34(12-19)26(38)36-22(3-4-32-36)17-5-16(9-29)6-18(27)7-17/h4-8,10,19,22H,3,11-13H2,1-2H3,(H2,30,37)/t22-/m0/s1. The van der Waals surface area contributed by atoms with Crippen LogP contribution in [0, 0.1) is 36.8 Å². The van der Waals surface area contributed by atoms with E-state index in [1.807, 2.05) is 6.07 Å². The highest BCUT2D eigenvalue weighted by atomic mass is 19.1. The van der Waals surface area contributed by atoms with Gasteiger partial charge in [-0.15, -0.1) is 0 Å². The molecule has 0 aliphatic carbocycles. The highest BCUT2D eigenvalue weighted by Gasteiger charge is 2.39. The number of hydrazone groups is 1. The first-order valence-corrected chi connectivity index (χ1v) is 12.1. The van der Waals surface area contributed by atoms with Gasteiger partial charge >= 0.3 is 6.03 Å². The molecule has 11 nitrogen and oxygen atoms in total. The van der Waals surface area contributed by atoms with Crippen molar-refractivity contribution in [2.24, 2.45) is 10.8 Å². The zero-order chi connectivity index (χ0) is 27.8. The number of amides is 3. The van der Waals surface area contributed by atoms with Crippen LogP contribution >= 0.6 is 0 Å². The number of nitrogens with zero attached hydrogens (tertiary/aromatic N) is 7. The Balaban J connectivity index is 1.26. The molecule has 1 fully saturated rings. The largest absolute Gasteiger partial charge is 0.483 e. The van der Waals surface area contributed by atoms with Gasteiger partial charge in [0.15, 0.2) is 11.6 Å². The number of pyridine rings is 1. The molecular weight excluding hydrogens is 510 g/mol. The van der Waals surface area contributed by atoms with Crippen molar-refractivity contribution in [2.45, 2.75) is 39.0 Å². The van der Waals surface area contributed by atoms with Gasteiger partial charge in [0.1, 0.15) is 18.5 Å². The molecule has 13 heteroatoms. The number of rotatable bonds is 6. The monoisotopic (exact) mass is 534 g/mol. The van der Waals surface area contributed by atoms with Crippen LogP contribution in [0.5, 0.6) is 5.75 Å². The van der Waals surface area contributed by atoms with Gasteiger partial charge in [-0.1, -0.05) is 0 Å². The van der Waals surface area contributed by atoms with Crippen LogP contribution in [-0.4, -0.2) is 62.0 Å². The van der Waals surface area contributed by atoms with Gasteiger partial charge in [0.2, 0.25) is 5.91 Å². The number of nitrogens with two attached hydrogens (primary N) is 1. The summed E-state index contributed by atoms with van der Waals surface area (Å²) in [7, 11) is 0. The highest BCUT2D eigenvalue weighted by Crippen LogP contribution is 2.33. The fourth-order valence-electron chi connectivity index (χ4n) is 4.75. The van der Waals surface area contributed by atoms with Crippen LogP contribution in [0.15, 0.2) is 35.6 Å². The molecule has 200 valence electrons. The summed E-state index contributed by atoms with van der Waals surface area (Å²) in [5.41, 5.74) is 8.23. The Hall–Kier alpha value is -4.86. The maximum atomic E-state index is 14.6. The van der Waals surface area contributed by atoms with E-state index in [-0.39, 0.29) is 30.9 Å².